The zero-order valence-corrected chi connectivity index (χ0v) is 16.0. The Balaban J connectivity index is 1.89. The number of aliphatic imine (C=N–C) groups is 1. The van der Waals surface area contributed by atoms with Gasteiger partial charge in [0.1, 0.15) is 0 Å². The summed E-state index contributed by atoms with van der Waals surface area (Å²) in [6.07, 6.45) is 2.86. The van der Waals surface area contributed by atoms with Crippen molar-refractivity contribution < 1.29 is 0 Å². The Bertz CT molecular complexity index is 614. The van der Waals surface area contributed by atoms with Gasteiger partial charge in [-0.25, -0.2) is 4.98 Å². The standard InChI is InChI=1S/C17H26N4S2/c1-5-18-16(19-9-8-15-20-11-13(2)23-15)21-12-17(3,4)14-7-6-10-22-14/h6-7,10-11H,5,8-9,12H2,1-4H3,(H2,18,19,21). The Kier molecular flexibility index (Phi) is 6.59. The summed E-state index contributed by atoms with van der Waals surface area (Å²) in [6, 6.07) is 4.29. The molecule has 2 aromatic rings. The summed E-state index contributed by atoms with van der Waals surface area (Å²) in [5.41, 5.74) is 0.0585. The Morgan fingerprint density at radius 3 is 2.78 bits per heavy atom. The first kappa shape index (κ1) is 17.9. The Morgan fingerprint density at radius 1 is 1.35 bits per heavy atom. The Labute approximate surface area is 147 Å². The van der Waals surface area contributed by atoms with Crippen LogP contribution in [0.5, 0.6) is 0 Å². The van der Waals surface area contributed by atoms with E-state index in [2.05, 4.69) is 60.8 Å². The third-order valence-electron chi connectivity index (χ3n) is 3.47. The molecule has 2 aromatic heterocycles. The van der Waals surface area contributed by atoms with Crippen molar-refractivity contribution in [2.24, 2.45) is 4.99 Å². The van der Waals surface area contributed by atoms with E-state index >= 15 is 0 Å². The van der Waals surface area contributed by atoms with Crippen LogP contribution >= 0.6 is 22.7 Å². The van der Waals surface area contributed by atoms with Gasteiger partial charge in [-0.05, 0) is 25.3 Å². The van der Waals surface area contributed by atoms with E-state index in [4.69, 9.17) is 4.99 Å². The fourth-order valence-corrected chi connectivity index (χ4v) is 3.80. The highest BCUT2D eigenvalue weighted by molar-refractivity contribution is 7.11. The molecular weight excluding hydrogens is 324 g/mol. The molecule has 2 heterocycles. The molecule has 4 nitrogen and oxygen atoms in total. The highest BCUT2D eigenvalue weighted by atomic mass is 32.1. The minimum absolute atomic E-state index is 0.0585. The van der Waals surface area contributed by atoms with Crippen molar-refractivity contribution in [3.8, 4) is 0 Å². The normalized spacial score (nSPS) is 12.4. The molecule has 0 aliphatic rings. The van der Waals surface area contributed by atoms with E-state index in [1.165, 1.54) is 14.8 Å². The monoisotopic (exact) mass is 350 g/mol. The van der Waals surface area contributed by atoms with Gasteiger partial charge >= 0.3 is 0 Å². The highest BCUT2D eigenvalue weighted by Gasteiger charge is 2.21. The summed E-state index contributed by atoms with van der Waals surface area (Å²) in [7, 11) is 0. The molecular formula is C17H26N4S2. The second-order valence-corrected chi connectivity index (χ2v) is 8.36. The number of nitrogens with one attached hydrogen (secondary N) is 2. The van der Waals surface area contributed by atoms with Crippen LogP contribution in [0.25, 0.3) is 0 Å². The molecule has 2 rings (SSSR count). The minimum Gasteiger partial charge on any atom is -0.357 e. The highest BCUT2D eigenvalue weighted by Crippen LogP contribution is 2.27. The van der Waals surface area contributed by atoms with Gasteiger partial charge in [-0.15, -0.1) is 22.7 Å². The van der Waals surface area contributed by atoms with Gasteiger partial charge in [0, 0.05) is 40.9 Å². The van der Waals surface area contributed by atoms with E-state index in [1.54, 1.807) is 22.7 Å². The maximum atomic E-state index is 4.76. The number of aryl methyl sites for hydroxylation is 1. The van der Waals surface area contributed by atoms with Gasteiger partial charge in [-0.1, -0.05) is 19.9 Å². The SMILES string of the molecule is CCNC(=NCC(C)(C)c1cccs1)NCCc1ncc(C)s1. The van der Waals surface area contributed by atoms with Crippen molar-refractivity contribution in [2.75, 3.05) is 19.6 Å². The number of thiophene rings is 1. The molecule has 0 radical (unpaired) electrons. The Morgan fingerprint density at radius 2 is 2.17 bits per heavy atom. The molecule has 0 unspecified atom stereocenters. The van der Waals surface area contributed by atoms with E-state index in [-0.39, 0.29) is 5.41 Å². The number of guanidine groups is 1. The van der Waals surface area contributed by atoms with Crippen molar-refractivity contribution in [1.82, 2.24) is 15.6 Å². The summed E-state index contributed by atoms with van der Waals surface area (Å²) in [5, 5.41) is 10.0. The lowest BCUT2D eigenvalue weighted by molar-refractivity contribution is 0.548. The summed E-state index contributed by atoms with van der Waals surface area (Å²) < 4.78 is 0. The van der Waals surface area contributed by atoms with E-state index in [1.807, 2.05) is 6.20 Å². The predicted octanol–water partition coefficient (Wildman–Crippen LogP) is 3.59. The lowest BCUT2D eigenvalue weighted by atomic mass is 9.92. The van der Waals surface area contributed by atoms with Crippen molar-refractivity contribution in [3.05, 3.63) is 38.5 Å². The maximum absolute atomic E-state index is 4.76. The zero-order chi connectivity index (χ0) is 16.7. The summed E-state index contributed by atoms with van der Waals surface area (Å²) >= 11 is 3.55. The maximum Gasteiger partial charge on any atom is 0.191 e. The van der Waals surface area contributed by atoms with Gasteiger partial charge in [-0.2, -0.15) is 0 Å². The fourth-order valence-electron chi connectivity index (χ4n) is 2.16. The van der Waals surface area contributed by atoms with Gasteiger partial charge in [-0.3, -0.25) is 4.99 Å². The van der Waals surface area contributed by atoms with Crippen molar-refractivity contribution in [3.63, 3.8) is 0 Å². The average Bonchev–Trinajstić information content (AvgIpc) is 3.17. The van der Waals surface area contributed by atoms with Crippen LogP contribution in [0.2, 0.25) is 0 Å². The number of hydrogen-bond acceptors (Lipinski definition) is 4. The molecule has 0 spiro atoms. The predicted molar refractivity (Wildman–Crippen MR) is 102 cm³/mol. The largest absolute Gasteiger partial charge is 0.357 e. The van der Waals surface area contributed by atoms with E-state index < -0.39 is 0 Å². The number of aromatic nitrogens is 1. The van der Waals surface area contributed by atoms with Crippen molar-refractivity contribution >= 4 is 28.6 Å². The minimum atomic E-state index is 0.0585. The van der Waals surface area contributed by atoms with Crippen LogP contribution in [0.4, 0.5) is 0 Å². The molecule has 23 heavy (non-hydrogen) atoms. The quantitative estimate of drug-likeness (QED) is 0.593. The van der Waals surface area contributed by atoms with Gasteiger partial charge in [0.15, 0.2) is 5.96 Å². The first-order valence-electron chi connectivity index (χ1n) is 7.99. The van der Waals surface area contributed by atoms with Gasteiger partial charge in [0.05, 0.1) is 11.6 Å². The van der Waals surface area contributed by atoms with Crippen LogP contribution in [-0.4, -0.2) is 30.6 Å². The lowest BCUT2D eigenvalue weighted by Crippen LogP contribution is -2.39. The first-order chi connectivity index (χ1) is 11.0. The number of thiazole rings is 1. The molecule has 0 saturated heterocycles. The molecule has 0 aliphatic heterocycles. The van der Waals surface area contributed by atoms with Crippen LogP contribution in [0.1, 0.15) is 35.5 Å². The van der Waals surface area contributed by atoms with Crippen LogP contribution in [0.3, 0.4) is 0 Å². The first-order valence-corrected chi connectivity index (χ1v) is 9.68. The third kappa shape index (κ3) is 5.62. The van der Waals surface area contributed by atoms with Gasteiger partial charge < -0.3 is 10.6 Å². The summed E-state index contributed by atoms with van der Waals surface area (Å²) in [5.74, 6) is 0.880. The van der Waals surface area contributed by atoms with Crippen LogP contribution in [0.15, 0.2) is 28.7 Å². The fraction of sp³-hybridized carbons (Fsp3) is 0.529. The second-order valence-electron chi connectivity index (χ2n) is 6.10. The van der Waals surface area contributed by atoms with E-state index in [0.29, 0.717) is 0 Å². The summed E-state index contributed by atoms with van der Waals surface area (Å²) in [6.45, 7) is 11.1. The third-order valence-corrected chi connectivity index (χ3v) is 5.67. The van der Waals surface area contributed by atoms with Crippen LogP contribution in [0, 0.1) is 6.92 Å². The molecule has 0 fully saturated rings. The summed E-state index contributed by atoms with van der Waals surface area (Å²) in [4.78, 5) is 11.8. The molecule has 6 heteroatoms. The molecule has 0 saturated carbocycles. The lowest BCUT2D eigenvalue weighted by Gasteiger charge is -2.21. The van der Waals surface area contributed by atoms with Crippen molar-refractivity contribution in [1.29, 1.82) is 0 Å². The number of rotatable bonds is 7. The molecule has 0 amide bonds. The van der Waals surface area contributed by atoms with Crippen LogP contribution < -0.4 is 10.6 Å². The van der Waals surface area contributed by atoms with E-state index in [0.717, 1.165) is 32.0 Å². The number of nitrogens with zero attached hydrogens (tertiary/aromatic N) is 2. The molecule has 2 N–H and O–H groups in total. The molecule has 0 aliphatic carbocycles. The van der Waals surface area contributed by atoms with Gasteiger partial charge in [0.2, 0.25) is 0 Å². The average molecular weight is 351 g/mol. The Hall–Kier alpha value is -1.40. The van der Waals surface area contributed by atoms with E-state index in [9.17, 15) is 0 Å². The van der Waals surface area contributed by atoms with Gasteiger partial charge in [0.25, 0.3) is 0 Å². The molecule has 0 atom stereocenters. The topological polar surface area (TPSA) is 49.3 Å². The number of hydrogen-bond donors (Lipinski definition) is 2. The molecule has 0 aromatic carbocycles. The van der Waals surface area contributed by atoms with Crippen LogP contribution in [-0.2, 0) is 11.8 Å². The molecule has 126 valence electrons. The second kappa shape index (κ2) is 8.45. The zero-order valence-electron chi connectivity index (χ0n) is 14.3. The molecule has 0 bridgehead atoms. The van der Waals surface area contributed by atoms with Crippen molar-refractivity contribution in [2.45, 2.75) is 39.5 Å². The smallest absolute Gasteiger partial charge is 0.191 e.